The summed E-state index contributed by atoms with van der Waals surface area (Å²) in [6.07, 6.45) is 1.31. The Bertz CT molecular complexity index is 550. The number of hydrogen-bond acceptors (Lipinski definition) is 3. The van der Waals surface area contributed by atoms with Gasteiger partial charge in [0, 0.05) is 13.1 Å². The number of rotatable bonds is 5. The van der Waals surface area contributed by atoms with Crippen molar-refractivity contribution in [3.05, 3.63) is 35.4 Å². The summed E-state index contributed by atoms with van der Waals surface area (Å²) in [5, 5.41) is 0. The zero-order valence-electron chi connectivity index (χ0n) is 13.9. The smallest absolute Gasteiger partial charge is 0.325 e. The molecule has 1 aromatic carbocycles. The van der Waals surface area contributed by atoms with E-state index in [0.717, 1.165) is 31.5 Å². The molecular formula is C18H24BrNO3. The molecule has 1 amide bonds. The van der Waals surface area contributed by atoms with Gasteiger partial charge in [0.2, 0.25) is 0 Å². The molecule has 2 unspecified atom stereocenters. The Morgan fingerprint density at radius 3 is 2.09 bits per heavy atom. The number of likely N-dealkylation sites (tertiary alicyclic amines) is 1. The maximum Gasteiger partial charge on any atom is 0.325 e. The number of carbonyl (C=O) groups is 2. The quantitative estimate of drug-likeness (QED) is 0.575. The Hall–Kier alpha value is -1.36. The van der Waals surface area contributed by atoms with E-state index in [1.54, 1.807) is 11.8 Å². The lowest BCUT2D eigenvalue weighted by Gasteiger charge is -2.21. The van der Waals surface area contributed by atoms with E-state index in [2.05, 4.69) is 29.8 Å². The summed E-state index contributed by atoms with van der Waals surface area (Å²) < 4.78 is 5.34. The number of carbonyl (C=O) groups excluding carboxylic acids is 2. The van der Waals surface area contributed by atoms with Crippen LogP contribution in [0.4, 0.5) is 0 Å². The van der Waals surface area contributed by atoms with E-state index in [1.165, 1.54) is 5.56 Å². The number of halogens is 1. The van der Waals surface area contributed by atoms with Gasteiger partial charge >= 0.3 is 5.97 Å². The fraction of sp³-hybridized carbons (Fsp3) is 0.556. The number of amides is 1. The monoisotopic (exact) mass is 381 g/mol. The minimum atomic E-state index is -0.740. The molecule has 0 bridgehead atoms. The summed E-state index contributed by atoms with van der Waals surface area (Å²) in [5.74, 6) is -0.0871. The van der Waals surface area contributed by atoms with Crippen LogP contribution < -0.4 is 0 Å². The first-order valence-corrected chi connectivity index (χ1v) is 9.05. The average molecular weight is 382 g/mol. The second-order valence-electron chi connectivity index (χ2n) is 6.30. The van der Waals surface area contributed by atoms with Crippen LogP contribution in [0.1, 0.15) is 55.5 Å². The third-order valence-corrected chi connectivity index (χ3v) is 5.06. The molecule has 0 N–H and O–H groups in total. The highest BCUT2D eigenvalue weighted by atomic mass is 79.9. The van der Waals surface area contributed by atoms with Crippen LogP contribution in [0, 0.1) is 0 Å². The number of benzene rings is 1. The molecule has 0 radical (unpaired) electrons. The van der Waals surface area contributed by atoms with Crippen molar-refractivity contribution in [1.29, 1.82) is 0 Å². The molecule has 23 heavy (non-hydrogen) atoms. The van der Waals surface area contributed by atoms with Crippen molar-refractivity contribution < 1.29 is 14.3 Å². The molecule has 2 rings (SSSR count). The normalized spacial score (nSPS) is 17.2. The standard InChI is InChI=1S/C18H24BrNO3/c1-12(2)14-6-8-15(9-7-14)16(19)18(22)23-13(3)17(21)20-10-4-5-11-20/h6-9,12-13,16H,4-5,10-11H2,1-3H3. The van der Waals surface area contributed by atoms with Crippen LogP contribution in [-0.4, -0.2) is 36.0 Å². The van der Waals surface area contributed by atoms with Crippen molar-refractivity contribution in [3.63, 3.8) is 0 Å². The molecule has 0 spiro atoms. The molecule has 1 aliphatic rings. The van der Waals surface area contributed by atoms with Crippen LogP contribution in [0.5, 0.6) is 0 Å². The van der Waals surface area contributed by atoms with E-state index in [-0.39, 0.29) is 5.91 Å². The minimum Gasteiger partial charge on any atom is -0.451 e. The molecule has 126 valence electrons. The van der Waals surface area contributed by atoms with Gasteiger partial charge in [0.25, 0.3) is 5.91 Å². The van der Waals surface area contributed by atoms with Gasteiger partial charge in [-0.1, -0.05) is 54.0 Å². The largest absolute Gasteiger partial charge is 0.451 e. The molecule has 0 aromatic heterocycles. The van der Waals surface area contributed by atoms with Gasteiger partial charge in [-0.2, -0.15) is 0 Å². The molecule has 1 aliphatic heterocycles. The second-order valence-corrected chi connectivity index (χ2v) is 7.21. The summed E-state index contributed by atoms with van der Waals surface area (Å²) in [5.41, 5.74) is 2.06. The van der Waals surface area contributed by atoms with Gasteiger partial charge in [-0.05, 0) is 36.8 Å². The average Bonchev–Trinajstić information content (AvgIpc) is 3.07. The summed E-state index contributed by atoms with van der Waals surface area (Å²) in [4.78, 5) is 25.6. The van der Waals surface area contributed by atoms with Gasteiger partial charge in [-0.25, -0.2) is 0 Å². The molecule has 4 nitrogen and oxygen atoms in total. The molecule has 1 fully saturated rings. The van der Waals surface area contributed by atoms with Gasteiger partial charge in [-0.3, -0.25) is 9.59 Å². The van der Waals surface area contributed by atoms with Crippen molar-refractivity contribution in [3.8, 4) is 0 Å². The molecule has 0 saturated carbocycles. The number of ether oxygens (including phenoxy) is 1. The van der Waals surface area contributed by atoms with Gasteiger partial charge in [0.1, 0.15) is 4.83 Å². The van der Waals surface area contributed by atoms with Crippen LogP contribution >= 0.6 is 15.9 Å². The van der Waals surface area contributed by atoms with Gasteiger partial charge in [-0.15, -0.1) is 0 Å². The maximum absolute atomic E-state index is 12.3. The number of esters is 1. The molecule has 5 heteroatoms. The Morgan fingerprint density at radius 1 is 1.04 bits per heavy atom. The van der Waals surface area contributed by atoms with Gasteiger partial charge in [0.15, 0.2) is 6.10 Å². The highest BCUT2D eigenvalue weighted by Gasteiger charge is 2.28. The highest BCUT2D eigenvalue weighted by Crippen LogP contribution is 2.27. The lowest BCUT2D eigenvalue weighted by molar-refractivity contribution is -0.158. The van der Waals surface area contributed by atoms with Crippen molar-refractivity contribution >= 4 is 27.8 Å². The summed E-state index contributed by atoms with van der Waals surface area (Å²) in [7, 11) is 0. The zero-order chi connectivity index (χ0) is 17.0. The summed E-state index contributed by atoms with van der Waals surface area (Å²) in [6, 6.07) is 7.87. The molecule has 1 heterocycles. The third-order valence-electron chi connectivity index (χ3n) is 4.16. The van der Waals surface area contributed by atoms with E-state index in [4.69, 9.17) is 4.74 Å². The number of alkyl halides is 1. The lowest BCUT2D eigenvalue weighted by Crippen LogP contribution is -2.38. The van der Waals surface area contributed by atoms with Crippen molar-refractivity contribution in [2.75, 3.05) is 13.1 Å². The van der Waals surface area contributed by atoms with E-state index in [1.807, 2.05) is 24.3 Å². The number of nitrogens with zero attached hydrogens (tertiary/aromatic N) is 1. The first-order chi connectivity index (χ1) is 10.9. The molecular weight excluding hydrogens is 358 g/mol. The van der Waals surface area contributed by atoms with E-state index >= 15 is 0 Å². The first kappa shape index (κ1) is 18.0. The topological polar surface area (TPSA) is 46.6 Å². The van der Waals surface area contributed by atoms with Crippen LogP contribution in [0.3, 0.4) is 0 Å². The molecule has 1 saturated heterocycles. The van der Waals surface area contributed by atoms with Crippen LogP contribution in [0.15, 0.2) is 24.3 Å². The first-order valence-electron chi connectivity index (χ1n) is 8.13. The van der Waals surface area contributed by atoms with Crippen molar-refractivity contribution in [2.24, 2.45) is 0 Å². The number of hydrogen-bond donors (Lipinski definition) is 0. The predicted octanol–water partition coefficient (Wildman–Crippen LogP) is 3.80. The Kier molecular flexibility index (Phi) is 6.22. The van der Waals surface area contributed by atoms with Crippen molar-refractivity contribution in [1.82, 2.24) is 4.90 Å². The predicted molar refractivity (Wildman–Crippen MR) is 93.6 cm³/mol. The van der Waals surface area contributed by atoms with Crippen LogP contribution in [-0.2, 0) is 14.3 Å². The molecule has 0 aliphatic carbocycles. The van der Waals surface area contributed by atoms with E-state index in [0.29, 0.717) is 5.92 Å². The zero-order valence-corrected chi connectivity index (χ0v) is 15.5. The molecule has 1 aromatic rings. The van der Waals surface area contributed by atoms with Crippen LogP contribution in [0.25, 0.3) is 0 Å². The second kappa shape index (κ2) is 7.95. The Labute approximate surface area is 146 Å². The highest BCUT2D eigenvalue weighted by molar-refractivity contribution is 9.09. The lowest BCUT2D eigenvalue weighted by atomic mass is 10.0. The third kappa shape index (κ3) is 4.56. The van der Waals surface area contributed by atoms with E-state index in [9.17, 15) is 9.59 Å². The SMILES string of the molecule is CC(OC(=O)C(Br)c1ccc(C(C)C)cc1)C(=O)N1CCCC1. The fourth-order valence-corrected chi connectivity index (χ4v) is 3.08. The van der Waals surface area contributed by atoms with Gasteiger partial charge in [0.05, 0.1) is 0 Å². The summed E-state index contributed by atoms with van der Waals surface area (Å²) >= 11 is 3.37. The maximum atomic E-state index is 12.3. The Morgan fingerprint density at radius 2 is 1.57 bits per heavy atom. The van der Waals surface area contributed by atoms with Crippen molar-refractivity contribution in [2.45, 2.75) is 50.5 Å². The van der Waals surface area contributed by atoms with Gasteiger partial charge < -0.3 is 9.64 Å². The van der Waals surface area contributed by atoms with E-state index < -0.39 is 16.9 Å². The summed E-state index contributed by atoms with van der Waals surface area (Å²) in [6.45, 7) is 7.41. The molecule has 2 atom stereocenters. The Balaban J connectivity index is 1.94. The van der Waals surface area contributed by atoms with Crippen LogP contribution in [0.2, 0.25) is 0 Å². The fourth-order valence-electron chi connectivity index (χ4n) is 2.66. The minimum absolute atomic E-state index is 0.106.